The molecule has 0 spiro atoms. The summed E-state index contributed by atoms with van der Waals surface area (Å²) in [6.07, 6.45) is 1.37. The fraction of sp³-hybridized carbons (Fsp3) is 0.481. The molecule has 2 aliphatic rings. The van der Waals surface area contributed by atoms with Crippen LogP contribution in [0.15, 0.2) is 81.5 Å². The Labute approximate surface area is 463 Å². The van der Waals surface area contributed by atoms with Gasteiger partial charge < -0.3 is 87.5 Å². The van der Waals surface area contributed by atoms with Crippen LogP contribution in [0.2, 0.25) is 0 Å². The molecular formula is C54H72N4O22. The highest BCUT2D eigenvalue weighted by molar-refractivity contribution is 6.02. The second kappa shape index (κ2) is 32.3. The third kappa shape index (κ3) is 15.1. The van der Waals surface area contributed by atoms with Crippen LogP contribution >= 0.6 is 0 Å². The maximum atomic E-state index is 14.4. The summed E-state index contributed by atoms with van der Waals surface area (Å²) in [6, 6.07) is 6.19. The number of esters is 4. The van der Waals surface area contributed by atoms with Gasteiger partial charge in [0, 0.05) is 36.4 Å². The minimum Gasteiger partial charge on any atom is -0.493 e. The first-order valence-corrected chi connectivity index (χ1v) is 25.0. The highest BCUT2D eigenvalue weighted by Crippen LogP contribution is 2.52. The zero-order chi connectivity index (χ0) is 59.1. The molecule has 2 aliphatic heterocycles. The van der Waals surface area contributed by atoms with Crippen molar-refractivity contribution in [1.82, 2.24) is 10.1 Å². The zero-order valence-corrected chi connectivity index (χ0v) is 47.1. The summed E-state index contributed by atoms with van der Waals surface area (Å²) in [7, 11) is 10.5. The molecule has 0 amide bonds. The maximum absolute atomic E-state index is 14.4. The van der Waals surface area contributed by atoms with Gasteiger partial charge in [0.2, 0.25) is 11.5 Å². The predicted octanol–water partition coefficient (Wildman–Crippen LogP) is 3.22. The predicted molar refractivity (Wildman–Crippen MR) is 281 cm³/mol. The van der Waals surface area contributed by atoms with Crippen LogP contribution in [0.3, 0.4) is 0 Å². The van der Waals surface area contributed by atoms with E-state index in [0.29, 0.717) is 12.2 Å². The average molecular weight is 1130 g/mol. The molecule has 0 saturated carbocycles. The number of benzene rings is 2. The number of rotatable bonds is 32. The molecule has 26 heteroatoms. The number of carbonyl (C=O) groups excluding carboxylic acids is 6. The van der Waals surface area contributed by atoms with Crippen molar-refractivity contribution in [3.8, 4) is 34.5 Å². The molecule has 26 nitrogen and oxygen atoms in total. The fourth-order valence-corrected chi connectivity index (χ4v) is 8.69. The molecule has 2 atom stereocenters. The number of hydrogen-bond donors (Lipinski definition) is 2. The molecule has 0 saturated heterocycles. The monoisotopic (exact) mass is 1130 g/mol. The largest absolute Gasteiger partial charge is 0.493 e. The summed E-state index contributed by atoms with van der Waals surface area (Å²) in [6.45, 7) is 5.76. The van der Waals surface area contributed by atoms with Crippen molar-refractivity contribution >= 4 is 35.8 Å². The lowest BCUT2D eigenvalue weighted by Gasteiger charge is -2.37. The zero-order valence-electron chi connectivity index (χ0n) is 47.1. The van der Waals surface area contributed by atoms with Gasteiger partial charge in [-0.05, 0) is 39.8 Å². The van der Waals surface area contributed by atoms with E-state index >= 15 is 0 Å². The van der Waals surface area contributed by atoms with Gasteiger partial charge in [0.1, 0.15) is 0 Å². The van der Waals surface area contributed by atoms with E-state index in [2.05, 4.69) is 0 Å². The lowest BCUT2D eigenvalue weighted by Crippen LogP contribution is -2.39. The van der Waals surface area contributed by atoms with Gasteiger partial charge in [0.15, 0.2) is 23.0 Å². The van der Waals surface area contributed by atoms with Crippen molar-refractivity contribution < 1.29 is 105 Å². The maximum Gasteiger partial charge on any atom is 0.356 e. The van der Waals surface area contributed by atoms with E-state index in [4.69, 9.17) is 87.5 Å². The molecule has 2 aromatic rings. The molecule has 0 fully saturated rings. The minimum absolute atomic E-state index is 0.0455. The Morgan fingerprint density at radius 1 is 0.463 bits per heavy atom. The van der Waals surface area contributed by atoms with Crippen LogP contribution in [0.1, 0.15) is 50.7 Å². The molecule has 0 aromatic heterocycles. The summed E-state index contributed by atoms with van der Waals surface area (Å²) in [4.78, 5) is 97.0. The highest BCUT2D eigenvalue weighted by atomic mass is 16.7. The number of ether oxygens (including phenoxy) is 14. The molecular weight excluding hydrogens is 1060 g/mol. The van der Waals surface area contributed by atoms with E-state index in [1.807, 2.05) is 0 Å². The Balaban J connectivity index is 1.93. The first-order chi connectivity index (χ1) is 38.6. The molecule has 0 bridgehead atoms. The minimum atomic E-state index is -1.35. The number of hydrogen-bond acceptors (Lipinski definition) is 26. The molecule has 0 radical (unpaired) electrons. The number of nitrogens with two attached hydrogens (primary N) is 2. The normalized spacial score (nSPS) is 15.4. The van der Waals surface area contributed by atoms with Gasteiger partial charge >= 0.3 is 35.8 Å². The van der Waals surface area contributed by atoms with Gasteiger partial charge in [-0.3, -0.25) is 0 Å². The third-order valence-electron chi connectivity index (χ3n) is 12.0. The van der Waals surface area contributed by atoms with Crippen molar-refractivity contribution in [3.05, 3.63) is 92.6 Å². The Morgan fingerprint density at radius 2 is 0.812 bits per heavy atom. The van der Waals surface area contributed by atoms with Crippen LogP contribution in [-0.4, -0.2) is 182 Å². The SMILES string of the molecule is CCOC(=O)C1=C(COCCOCCN)N(OC(=O)/C=C/C(=O)ON2C(C)=C(C(=O)OC)[C@H](c3ccc(OC)c(OC)c3OC)C(C(=O)OCC)=C2COCCOCCN)C(C)=C(C(=O)OC)[C@@H]1c1ccc(OC)c(OC)c1OC. The first kappa shape index (κ1) is 64.6. The lowest BCUT2D eigenvalue weighted by molar-refractivity contribution is -0.173. The number of carbonyl (C=O) groups is 6. The third-order valence-corrected chi connectivity index (χ3v) is 12.0. The second-order valence-electron chi connectivity index (χ2n) is 16.5. The molecule has 440 valence electrons. The Bertz CT molecular complexity index is 2520. The van der Waals surface area contributed by atoms with E-state index < -0.39 is 60.9 Å². The molecule has 2 aromatic carbocycles. The van der Waals surface area contributed by atoms with Crippen molar-refractivity contribution in [1.29, 1.82) is 0 Å². The van der Waals surface area contributed by atoms with E-state index in [0.717, 1.165) is 24.3 Å². The van der Waals surface area contributed by atoms with Crippen LogP contribution in [0.5, 0.6) is 34.5 Å². The molecule has 2 heterocycles. The summed E-state index contributed by atoms with van der Waals surface area (Å²) in [5.41, 5.74) is 10.3. The summed E-state index contributed by atoms with van der Waals surface area (Å²) in [5, 5.41) is 1.76. The molecule has 80 heavy (non-hydrogen) atoms. The molecule has 4 rings (SSSR count). The van der Waals surface area contributed by atoms with Gasteiger partial charge in [0.05, 0.1) is 180 Å². The van der Waals surface area contributed by atoms with E-state index in [9.17, 15) is 28.8 Å². The molecule has 0 unspecified atom stereocenters. The fourth-order valence-electron chi connectivity index (χ4n) is 8.69. The van der Waals surface area contributed by atoms with Gasteiger partial charge in [-0.25, -0.2) is 28.8 Å². The van der Waals surface area contributed by atoms with Crippen LogP contribution in [-0.2, 0) is 76.3 Å². The summed E-state index contributed by atoms with van der Waals surface area (Å²) < 4.78 is 78.6. The van der Waals surface area contributed by atoms with Crippen molar-refractivity contribution in [2.75, 3.05) is 136 Å². The van der Waals surface area contributed by atoms with Crippen LogP contribution < -0.4 is 39.9 Å². The van der Waals surface area contributed by atoms with Crippen LogP contribution in [0, 0.1) is 0 Å². The van der Waals surface area contributed by atoms with Crippen molar-refractivity contribution in [2.45, 2.75) is 39.5 Å². The van der Waals surface area contributed by atoms with Gasteiger partial charge in [0.25, 0.3) is 0 Å². The van der Waals surface area contributed by atoms with Gasteiger partial charge in [-0.2, -0.15) is 10.1 Å². The Morgan fingerprint density at radius 3 is 1.11 bits per heavy atom. The number of nitrogens with zero attached hydrogens (tertiary/aromatic N) is 2. The number of allylic oxidation sites excluding steroid dienone is 2. The standard InChI is InChI=1S/C54H72N4O22/c1-13-77-53(63)45-35(29-75-27-25-73-23-21-55)57(31(3)41(51(61)71-11)43(45)33-15-17-37(65-5)49(69-9)47(33)67-7)79-39(59)19-20-40(60)80-58-32(4)42(52(62)72-12)44(34-16-18-38(66-6)50(70-10)48(34)68-8)46(54(64)78-14-2)36(58)30-76-28-26-74-24-22-56/h15-20,43-44H,13-14,21-30,55-56H2,1-12H3/b20-19+/t43-,44-/m0/s1. The first-order valence-electron chi connectivity index (χ1n) is 25.0. The van der Waals surface area contributed by atoms with E-state index in [1.165, 1.54) is 56.5 Å². The number of hydroxylamine groups is 4. The molecule has 4 N–H and O–H groups in total. The highest BCUT2D eigenvalue weighted by Gasteiger charge is 2.47. The van der Waals surface area contributed by atoms with E-state index in [1.54, 1.807) is 38.1 Å². The lowest BCUT2D eigenvalue weighted by atomic mass is 9.79. The Hall–Kier alpha value is -7.88. The van der Waals surface area contributed by atoms with Crippen LogP contribution in [0.4, 0.5) is 0 Å². The second-order valence-corrected chi connectivity index (χ2v) is 16.5. The summed E-state index contributed by atoms with van der Waals surface area (Å²) in [5.74, 6) is -8.16. The van der Waals surface area contributed by atoms with Gasteiger partial charge in [-0.15, -0.1) is 0 Å². The summed E-state index contributed by atoms with van der Waals surface area (Å²) >= 11 is 0. The topological polar surface area (TPSA) is 309 Å². The van der Waals surface area contributed by atoms with Crippen LogP contribution in [0.25, 0.3) is 0 Å². The smallest absolute Gasteiger partial charge is 0.356 e. The Kier molecular flexibility index (Phi) is 26.1. The van der Waals surface area contributed by atoms with Gasteiger partial charge in [-0.1, -0.05) is 12.1 Å². The molecule has 0 aliphatic carbocycles. The van der Waals surface area contributed by atoms with Crippen molar-refractivity contribution in [3.63, 3.8) is 0 Å². The number of methoxy groups -OCH3 is 8. The quantitative estimate of drug-likeness (QED) is 0.0460. The van der Waals surface area contributed by atoms with E-state index in [-0.39, 0.29) is 157 Å². The average Bonchev–Trinajstić information content (AvgIpc) is 3.64. The van der Waals surface area contributed by atoms with Crippen molar-refractivity contribution in [2.24, 2.45) is 11.5 Å².